The Bertz CT molecular complexity index is 706. The van der Waals surface area contributed by atoms with Gasteiger partial charge in [-0.2, -0.15) is 11.3 Å². The van der Waals surface area contributed by atoms with E-state index < -0.39 is 0 Å². The summed E-state index contributed by atoms with van der Waals surface area (Å²) in [7, 11) is 0. The molecule has 0 aliphatic heterocycles. The van der Waals surface area contributed by atoms with Crippen LogP contribution in [-0.2, 0) is 0 Å². The van der Waals surface area contributed by atoms with Crippen molar-refractivity contribution >= 4 is 33.1 Å². The lowest BCUT2D eigenvalue weighted by molar-refractivity contribution is 0.563. The Morgan fingerprint density at radius 3 is 2.93 bits per heavy atom. The first-order valence-corrected chi connectivity index (χ1v) is 5.59. The normalized spacial score (nSPS) is 11.3. The van der Waals surface area contributed by atoms with E-state index in [1.807, 2.05) is 18.4 Å². The zero-order valence-corrected chi connectivity index (χ0v) is 8.93. The van der Waals surface area contributed by atoms with E-state index in [9.17, 15) is 4.79 Å². The summed E-state index contributed by atoms with van der Waals surface area (Å²) >= 11 is 1.62. The molecule has 0 fully saturated rings. The van der Waals surface area contributed by atoms with Crippen molar-refractivity contribution in [2.24, 2.45) is 0 Å². The smallest absolute Gasteiger partial charge is 0.336 e. The van der Waals surface area contributed by atoms with Crippen molar-refractivity contribution in [2.75, 3.05) is 0 Å². The van der Waals surface area contributed by atoms with E-state index in [0.29, 0.717) is 5.58 Å². The van der Waals surface area contributed by atoms with Gasteiger partial charge < -0.3 is 4.42 Å². The van der Waals surface area contributed by atoms with Crippen LogP contribution in [0.4, 0.5) is 0 Å². The summed E-state index contributed by atoms with van der Waals surface area (Å²) in [5, 5.41) is 7.23. The third-order valence-electron chi connectivity index (χ3n) is 2.57. The van der Waals surface area contributed by atoms with Crippen molar-refractivity contribution < 1.29 is 4.42 Å². The first-order valence-electron chi connectivity index (χ1n) is 4.65. The van der Waals surface area contributed by atoms with Crippen molar-refractivity contribution in [1.82, 2.24) is 0 Å². The lowest BCUT2D eigenvalue weighted by Gasteiger charge is -2.00. The van der Waals surface area contributed by atoms with Crippen LogP contribution in [0.5, 0.6) is 0 Å². The SMILES string of the molecule is Cc1cc(=O)oc2c1ccc1cscc12. The molecule has 2 aromatic heterocycles. The van der Waals surface area contributed by atoms with E-state index in [1.165, 1.54) is 6.07 Å². The molecule has 0 spiro atoms. The second-order valence-corrected chi connectivity index (χ2v) is 4.31. The Kier molecular flexibility index (Phi) is 1.70. The lowest BCUT2D eigenvalue weighted by atomic mass is 10.1. The molecule has 1 aromatic carbocycles. The number of fused-ring (bicyclic) bond motifs is 3. The van der Waals surface area contributed by atoms with Gasteiger partial charge in [-0.15, -0.1) is 0 Å². The first kappa shape index (κ1) is 8.68. The third kappa shape index (κ3) is 1.20. The highest BCUT2D eigenvalue weighted by Gasteiger charge is 2.06. The molecule has 0 saturated carbocycles. The molecule has 2 heterocycles. The van der Waals surface area contributed by atoms with Crippen LogP contribution in [0.2, 0.25) is 0 Å². The third-order valence-corrected chi connectivity index (χ3v) is 3.33. The van der Waals surface area contributed by atoms with Crippen LogP contribution in [0.25, 0.3) is 21.7 Å². The molecule has 0 bridgehead atoms. The van der Waals surface area contributed by atoms with E-state index in [1.54, 1.807) is 11.3 Å². The van der Waals surface area contributed by atoms with Crippen molar-refractivity contribution in [1.29, 1.82) is 0 Å². The molecule has 15 heavy (non-hydrogen) atoms. The van der Waals surface area contributed by atoms with Gasteiger partial charge in [-0.25, -0.2) is 4.79 Å². The van der Waals surface area contributed by atoms with Crippen molar-refractivity contribution in [2.45, 2.75) is 6.92 Å². The fraction of sp³-hybridized carbons (Fsp3) is 0.0833. The van der Waals surface area contributed by atoms with E-state index in [4.69, 9.17) is 4.42 Å². The Balaban J connectivity index is 2.67. The molecule has 0 aliphatic rings. The van der Waals surface area contributed by atoms with Crippen LogP contribution >= 0.6 is 11.3 Å². The minimum Gasteiger partial charge on any atom is -0.422 e. The molecule has 74 valence electrons. The van der Waals surface area contributed by atoms with E-state index in [0.717, 1.165) is 21.7 Å². The fourth-order valence-corrected chi connectivity index (χ4v) is 2.62. The van der Waals surface area contributed by atoms with E-state index in [2.05, 4.69) is 11.4 Å². The molecule has 3 aromatic rings. The minimum atomic E-state index is -0.279. The van der Waals surface area contributed by atoms with Crippen molar-refractivity contribution in [3.8, 4) is 0 Å². The fourth-order valence-electron chi connectivity index (χ4n) is 1.82. The summed E-state index contributed by atoms with van der Waals surface area (Å²) in [6.45, 7) is 1.93. The molecule has 0 aliphatic carbocycles. The quantitative estimate of drug-likeness (QED) is 0.539. The summed E-state index contributed by atoms with van der Waals surface area (Å²) < 4.78 is 5.27. The monoisotopic (exact) mass is 216 g/mol. The van der Waals surface area contributed by atoms with E-state index in [-0.39, 0.29) is 5.63 Å². The van der Waals surface area contributed by atoms with Crippen molar-refractivity contribution in [3.05, 3.63) is 44.9 Å². The van der Waals surface area contributed by atoms with Gasteiger partial charge in [0.1, 0.15) is 5.58 Å². The lowest BCUT2D eigenvalue weighted by Crippen LogP contribution is -1.97. The second kappa shape index (κ2) is 2.94. The Hall–Kier alpha value is -1.61. The van der Waals surface area contributed by atoms with Gasteiger partial charge in [-0.05, 0) is 23.3 Å². The number of aryl methyl sites for hydroxylation is 1. The zero-order valence-electron chi connectivity index (χ0n) is 8.11. The maximum Gasteiger partial charge on any atom is 0.336 e. The molecular formula is C12H8O2S. The highest BCUT2D eigenvalue weighted by molar-refractivity contribution is 7.09. The zero-order chi connectivity index (χ0) is 10.4. The maximum absolute atomic E-state index is 11.3. The van der Waals surface area contributed by atoms with Crippen molar-refractivity contribution in [3.63, 3.8) is 0 Å². The molecule has 3 rings (SSSR count). The molecule has 0 N–H and O–H groups in total. The second-order valence-electron chi connectivity index (χ2n) is 3.57. The molecule has 0 radical (unpaired) electrons. The average molecular weight is 216 g/mol. The molecule has 0 amide bonds. The van der Waals surface area contributed by atoms with Gasteiger partial charge in [0, 0.05) is 22.2 Å². The molecule has 2 nitrogen and oxygen atoms in total. The first-order chi connectivity index (χ1) is 7.25. The van der Waals surface area contributed by atoms with E-state index >= 15 is 0 Å². The summed E-state index contributed by atoms with van der Waals surface area (Å²) in [6.07, 6.45) is 0. The molecule has 0 atom stereocenters. The highest BCUT2D eigenvalue weighted by atomic mass is 32.1. The minimum absolute atomic E-state index is 0.279. The number of rotatable bonds is 0. The standard InChI is InChI=1S/C12H8O2S/c1-7-4-11(13)14-12-9(7)3-2-8-5-15-6-10(8)12/h2-6H,1H3. The van der Waals surface area contributed by atoms with Crippen LogP contribution in [0.15, 0.2) is 38.2 Å². The summed E-state index contributed by atoms with van der Waals surface area (Å²) in [5.41, 5.74) is 1.40. The van der Waals surface area contributed by atoms with Crippen LogP contribution in [-0.4, -0.2) is 0 Å². The highest BCUT2D eigenvalue weighted by Crippen LogP contribution is 2.28. The molecule has 0 saturated heterocycles. The average Bonchev–Trinajstić information content (AvgIpc) is 2.65. The molecule has 0 unspecified atom stereocenters. The van der Waals surface area contributed by atoms with Gasteiger partial charge in [0.15, 0.2) is 0 Å². The number of hydrogen-bond donors (Lipinski definition) is 0. The summed E-state index contributed by atoms with van der Waals surface area (Å²) in [5.74, 6) is 0. The molecule has 3 heteroatoms. The maximum atomic E-state index is 11.3. The van der Waals surface area contributed by atoms with Crippen LogP contribution < -0.4 is 5.63 Å². The molecular weight excluding hydrogens is 208 g/mol. The van der Waals surface area contributed by atoms with Gasteiger partial charge in [0.2, 0.25) is 0 Å². The van der Waals surface area contributed by atoms with Gasteiger partial charge in [-0.1, -0.05) is 12.1 Å². The summed E-state index contributed by atoms with van der Waals surface area (Å²) in [6, 6.07) is 5.59. The predicted octanol–water partition coefficient (Wildman–Crippen LogP) is 3.32. The number of hydrogen-bond acceptors (Lipinski definition) is 3. The predicted molar refractivity (Wildman–Crippen MR) is 62.6 cm³/mol. The van der Waals surface area contributed by atoms with Gasteiger partial charge >= 0.3 is 5.63 Å². The van der Waals surface area contributed by atoms with Gasteiger partial charge in [0.25, 0.3) is 0 Å². The number of thiophene rings is 1. The van der Waals surface area contributed by atoms with Gasteiger partial charge in [0.05, 0.1) is 0 Å². The topological polar surface area (TPSA) is 30.2 Å². The van der Waals surface area contributed by atoms with Crippen LogP contribution in [0, 0.1) is 6.92 Å². The number of benzene rings is 1. The summed E-state index contributed by atoms with van der Waals surface area (Å²) in [4.78, 5) is 11.3. The van der Waals surface area contributed by atoms with Crippen LogP contribution in [0.1, 0.15) is 5.56 Å². The largest absolute Gasteiger partial charge is 0.422 e. The van der Waals surface area contributed by atoms with Gasteiger partial charge in [-0.3, -0.25) is 0 Å². The Morgan fingerprint density at radius 1 is 1.20 bits per heavy atom. The van der Waals surface area contributed by atoms with Crippen LogP contribution in [0.3, 0.4) is 0 Å². The Morgan fingerprint density at radius 2 is 2.07 bits per heavy atom. The Labute approximate surface area is 89.8 Å².